The number of anilines is 3. The number of nitrogens with zero attached hydrogens (tertiary/aromatic N) is 4. The van der Waals surface area contributed by atoms with Crippen LogP contribution in [0, 0.1) is 10.1 Å². The second-order valence-electron chi connectivity index (χ2n) is 5.13. The third-order valence-corrected chi connectivity index (χ3v) is 3.52. The first kappa shape index (κ1) is 20.6. The molecule has 0 saturated carbocycles. The van der Waals surface area contributed by atoms with Crippen LogP contribution in [0.2, 0.25) is 5.02 Å². The largest absolute Gasteiger partial charge is 0.417 e. The van der Waals surface area contributed by atoms with E-state index in [0.717, 1.165) is 6.33 Å². The Morgan fingerprint density at radius 3 is 2.56 bits per heavy atom. The molecule has 0 radical (unpaired) electrons. The zero-order chi connectivity index (χ0) is 20.0. The summed E-state index contributed by atoms with van der Waals surface area (Å²) in [5, 5.41) is 16.3. The van der Waals surface area contributed by atoms with Crippen LogP contribution in [0.1, 0.15) is 12.0 Å². The number of aromatic nitrogens is 3. The maximum atomic E-state index is 12.7. The van der Waals surface area contributed by atoms with Gasteiger partial charge in [-0.25, -0.2) is 15.0 Å². The molecule has 2 N–H and O–H groups in total. The van der Waals surface area contributed by atoms with Crippen molar-refractivity contribution in [2.75, 3.05) is 30.9 Å². The minimum absolute atomic E-state index is 0.0587. The molecule has 0 atom stereocenters. The van der Waals surface area contributed by atoms with E-state index in [1.807, 2.05) is 0 Å². The first-order chi connectivity index (χ1) is 12.7. The number of hydrogen-bond donors (Lipinski definition) is 2. The molecule has 2 rings (SSSR count). The fourth-order valence-electron chi connectivity index (χ4n) is 1.99. The molecule has 0 aliphatic rings. The molecule has 2 heterocycles. The van der Waals surface area contributed by atoms with Crippen LogP contribution in [0.4, 0.5) is 36.3 Å². The minimum atomic E-state index is -4.62. The summed E-state index contributed by atoms with van der Waals surface area (Å²) in [6.45, 7) is 0.798. The van der Waals surface area contributed by atoms with E-state index in [1.165, 1.54) is 7.11 Å². The van der Waals surface area contributed by atoms with E-state index in [2.05, 4.69) is 25.6 Å². The van der Waals surface area contributed by atoms with E-state index in [4.69, 9.17) is 16.3 Å². The maximum Gasteiger partial charge on any atom is 0.417 e. The number of pyridine rings is 1. The lowest BCUT2D eigenvalue weighted by atomic mass is 10.2. The number of nitro groups is 1. The molecule has 13 heteroatoms. The second kappa shape index (κ2) is 8.77. The molecule has 2 aromatic rings. The number of ether oxygens (including phenoxy) is 1. The Morgan fingerprint density at radius 1 is 1.26 bits per heavy atom. The highest BCUT2D eigenvalue weighted by Crippen LogP contribution is 2.35. The van der Waals surface area contributed by atoms with Crippen LogP contribution in [-0.2, 0) is 10.9 Å². The molecule has 0 bridgehead atoms. The molecule has 0 aromatic carbocycles. The van der Waals surface area contributed by atoms with Gasteiger partial charge in [-0.15, -0.1) is 0 Å². The molecule has 0 saturated heterocycles. The van der Waals surface area contributed by atoms with Crippen LogP contribution in [0.15, 0.2) is 18.6 Å². The van der Waals surface area contributed by atoms with Gasteiger partial charge in [-0.1, -0.05) is 11.6 Å². The Kier molecular flexibility index (Phi) is 6.69. The van der Waals surface area contributed by atoms with E-state index < -0.39 is 22.4 Å². The highest BCUT2D eigenvalue weighted by Gasteiger charge is 2.32. The van der Waals surface area contributed by atoms with Crippen LogP contribution < -0.4 is 10.6 Å². The lowest BCUT2D eigenvalue weighted by Gasteiger charge is -2.12. The topological polar surface area (TPSA) is 115 Å². The summed E-state index contributed by atoms with van der Waals surface area (Å²) in [5.41, 5.74) is -1.54. The monoisotopic (exact) mass is 406 g/mol. The molecule has 0 amide bonds. The van der Waals surface area contributed by atoms with Gasteiger partial charge in [0.05, 0.1) is 15.5 Å². The predicted molar refractivity (Wildman–Crippen MR) is 91.2 cm³/mol. The second-order valence-corrected chi connectivity index (χ2v) is 5.53. The van der Waals surface area contributed by atoms with Crippen molar-refractivity contribution in [1.82, 2.24) is 15.0 Å². The molecule has 27 heavy (non-hydrogen) atoms. The van der Waals surface area contributed by atoms with Crippen molar-refractivity contribution in [3.05, 3.63) is 39.3 Å². The summed E-state index contributed by atoms with van der Waals surface area (Å²) in [6.07, 6.45) is -2.42. The van der Waals surface area contributed by atoms with Crippen molar-refractivity contribution in [3.63, 3.8) is 0 Å². The Hall–Kier alpha value is -2.73. The van der Waals surface area contributed by atoms with Crippen molar-refractivity contribution in [1.29, 1.82) is 0 Å². The van der Waals surface area contributed by atoms with Crippen LogP contribution in [0.5, 0.6) is 0 Å². The summed E-state index contributed by atoms with van der Waals surface area (Å²) in [6, 6.07) is 0.661. The Morgan fingerprint density at radius 2 is 1.96 bits per heavy atom. The van der Waals surface area contributed by atoms with Crippen molar-refractivity contribution in [3.8, 4) is 0 Å². The molecule has 0 spiro atoms. The average Bonchev–Trinajstić information content (AvgIpc) is 2.59. The van der Waals surface area contributed by atoms with Crippen LogP contribution in [-0.4, -0.2) is 40.1 Å². The van der Waals surface area contributed by atoms with Gasteiger partial charge in [0.1, 0.15) is 6.33 Å². The molecule has 146 valence electrons. The van der Waals surface area contributed by atoms with Gasteiger partial charge < -0.3 is 15.4 Å². The Bertz CT molecular complexity index is 821. The van der Waals surface area contributed by atoms with Crippen LogP contribution in [0.3, 0.4) is 0 Å². The summed E-state index contributed by atoms with van der Waals surface area (Å²) < 4.78 is 42.9. The van der Waals surface area contributed by atoms with Gasteiger partial charge in [-0.05, 0) is 12.5 Å². The Balaban J connectivity index is 2.29. The molecule has 0 aliphatic carbocycles. The molecule has 9 nitrogen and oxygen atoms in total. The molecule has 2 aromatic heterocycles. The maximum absolute atomic E-state index is 12.7. The quantitative estimate of drug-likeness (QED) is 0.388. The Labute approximate surface area is 156 Å². The minimum Gasteiger partial charge on any atom is -0.385 e. The van der Waals surface area contributed by atoms with Gasteiger partial charge in [0.15, 0.2) is 5.82 Å². The van der Waals surface area contributed by atoms with Crippen LogP contribution >= 0.6 is 11.6 Å². The highest BCUT2D eigenvalue weighted by molar-refractivity contribution is 6.33. The predicted octanol–water partition coefficient (Wildman–Crippen LogP) is 3.64. The molecule has 0 fully saturated rings. The molecule has 0 unspecified atom stereocenters. The number of rotatable bonds is 8. The number of hydrogen-bond acceptors (Lipinski definition) is 8. The lowest BCUT2D eigenvalue weighted by molar-refractivity contribution is -0.383. The molecule has 0 aliphatic heterocycles. The summed E-state index contributed by atoms with van der Waals surface area (Å²) in [5.74, 6) is -0.535. The van der Waals surface area contributed by atoms with E-state index in [-0.39, 0.29) is 22.5 Å². The van der Waals surface area contributed by atoms with Gasteiger partial charge in [0.2, 0.25) is 11.6 Å². The van der Waals surface area contributed by atoms with Gasteiger partial charge in [-0.3, -0.25) is 10.1 Å². The molecular weight excluding hydrogens is 393 g/mol. The van der Waals surface area contributed by atoms with Crippen molar-refractivity contribution in [2.24, 2.45) is 0 Å². The third-order valence-electron chi connectivity index (χ3n) is 3.23. The number of nitrogens with one attached hydrogen (secondary N) is 2. The summed E-state index contributed by atoms with van der Waals surface area (Å²) in [4.78, 5) is 21.8. The van der Waals surface area contributed by atoms with Gasteiger partial charge in [0, 0.05) is 26.5 Å². The van der Waals surface area contributed by atoms with E-state index >= 15 is 0 Å². The third kappa shape index (κ3) is 5.37. The first-order valence-electron chi connectivity index (χ1n) is 7.46. The van der Waals surface area contributed by atoms with Crippen molar-refractivity contribution >= 4 is 34.7 Å². The highest BCUT2D eigenvalue weighted by atomic mass is 35.5. The number of methoxy groups -OCH3 is 1. The standard InChI is InChI=1S/C14H14ClF3N6O3/c1-27-4-2-3-19-12-10(24(25)26)13(22-7-21-12)23-11-9(15)5-8(6-20-11)14(16,17)18/h5-7H,2-4H2,1H3,(H2,19,20,21,22,23). The zero-order valence-corrected chi connectivity index (χ0v) is 14.6. The van der Waals surface area contributed by atoms with Gasteiger partial charge in [0.25, 0.3) is 0 Å². The van der Waals surface area contributed by atoms with Crippen molar-refractivity contribution < 1.29 is 22.8 Å². The fraction of sp³-hybridized carbons (Fsp3) is 0.357. The van der Waals surface area contributed by atoms with Crippen LogP contribution in [0.25, 0.3) is 0 Å². The molecular formula is C14H14ClF3N6O3. The van der Waals surface area contributed by atoms with Gasteiger partial charge >= 0.3 is 11.9 Å². The first-order valence-corrected chi connectivity index (χ1v) is 7.83. The smallest absolute Gasteiger partial charge is 0.385 e. The normalized spacial score (nSPS) is 11.3. The fourth-order valence-corrected chi connectivity index (χ4v) is 2.21. The van der Waals surface area contributed by atoms with E-state index in [0.29, 0.717) is 31.8 Å². The zero-order valence-electron chi connectivity index (χ0n) is 13.9. The van der Waals surface area contributed by atoms with Crippen molar-refractivity contribution in [2.45, 2.75) is 12.6 Å². The summed E-state index contributed by atoms with van der Waals surface area (Å²) in [7, 11) is 1.52. The average molecular weight is 407 g/mol. The van der Waals surface area contributed by atoms with E-state index in [1.54, 1.807) is 0 Å². The van der Waals surface area contributed by atoms with Gasteiger partial charge in [-0.2, -0.15) is 13.2 Å². The summed E-state index contributed by atoms with van der Waals surface area (Å²) >= 11 is 5.81. The SMILES string of the molecule is COCCCNc1ncnc(Nc2ncc(C(F)(F)F)cc2Cl)c1[N+](=O)[O-]. The number of halogens is 4. The number of alkyl halides is 3. The lowest BCUT2D eigenvalue weighted by Crippen LogP contribution is -2.11. The van der Waals surface area contributed by atoms with E-state index in [9.17, 15) is 23.3 Å².